The van der Waals surface area contributed by atoms with Gasteiger partial charge in [-0.2, -0.15) is 0 Å². The van der Waals surface area contributed by atoms with Crippen molar-refractivity contribution in [2.75, 3.05) is 13.1 Å². The summed E-state index contributed by atoms with van der Waals surface area (Å²) in [6, 6.07) is 20.8. The molecule has 123 valence electrons. The van der Waals surface area contributed by atoms with E-state index in [1.54, 1.807) is 0 Å². The van der Waals surface area contributed by atoms with Gasteiger partial charge in [-0.25, -0.2) is 0 Å². The third-order valence-electron chi connectivity index (χ3n) is 3.79. The van der Waals surface area contributed by atoms with Crippen molar-refractivity contribution >= 4 is 0 Å². The first kappa shape index (κ1) is 17.7. The van der Waals surface area contributed by atoms with E-state index in [9.17, 15) is 5.11 Å². The Bertz CT molecular complexity index is 538. The first-order valence-corrected chi connectivity index (χ1v) is 8.45. The third-order valence-corrected chi connectivity index (χ3v) is 3.79. The number of aliphatic hydroxyl groups is 1. The van der Waals surface area contributed by atoms with E-state index in [0.29, 0.717) is 12.5 Å². The van der Waals surface area contributed by atoms with Crippen LogP contribution in [0.4, 0.5) is 0 Å². The summed E-state index contributed by atoms with van der Waals surface area (Å²) in [5.41, 5.74) is 2.54. The molecule has 0 aliphatic rings. The van der Waals surface area contributed by atoms with Crippen molar-refractivity contribution in [1.82, 2.24) is 4.90 Å². The Kier molecular flexibility index (Phi) is 7.31. The van der Waals surface area contributed by atoms with E-state index in [-0.39, 0.29) is 0 Å². The van der Waals surface area contributed by atoms with Gasteiger partial charge in [-0.1, -0.05) is 74.5 Å². The summed E-state index contributed by atoms with van der Waals surface area (Å²) in [7, 11) is 0. The highest BCUT2D eigenvalue weighted by Crippen LogP contribution is 2.10. The molecule has 0 spiro atoms. The first-order valence-electron chi connectivity index (χ1n) is 8.45. The quantitative estimate of drug-likeness (QED) is 0.758. The highest BCUT2D eigenvalue weighted by atomic mass is 16.3. The lowest BCUT2D eigenvalue weighted by Gasteiger charge is -2.26. The molecule has 0 saturated heterocycles. The van der Waals surface area contributed by atoms with Crippen molar-refractivity contribution in [3.8, 4) is 0 Å². The number of rotatable bonds is 9. The minimum absolute atomic E-state index is 0.405. The Labute approximate surface area is 140 Å². The molecule has 2 aromatic carbocycles. The van der Waals surface area contributed by atoms with Gasteiger partial charge in [0.15, 0.2) is 0 Å². The maximum atomic E-state index is 10.4. The van der Waals surface area contributed by atoms with Crippen LogP contribution in [-0.2, 0) is 13.0 Å². The minimum atomic E-state index is -0.405. The van der Waals surface area contributed by atoms with E-state index in [2.05, 4.69) is 55.1 Å². The number of aliphatic hydroxyl groups excluding tert-OH is 1. The molecule has 0 fully saturated rings. The predicted octanol–water partition coefficient (Wildman–Crippen LogP) is 3.95. The van der Waals surface area contributed by atoms with Gasteiger partial charge in [0, 0.05) is 19.6 Å². The maximum absolute atomic E-state index is 10.4. The second-order valence-electron chi connectivity index (χ2n) is 6.57. The van der Waals surface area contributed by atoms with Crippen molar-refractivity contribution in [3.05, 3.63) is 78.2 Å². The van der Waals surface area contributed by atoms with Gasteiger partial charge in [0.25, 0.3) is 0 Å². The molecule has 0 bridgehead atoms. The number of nitrogens with zero attached hydrogens (tertiary/aromatic N) is 1. The zero-order valence-electron chi connectivity index (χ0n) is 14.2. The summed E-state index contributed by atoms with van der Waals surface area (Å²) in [6.07, 6.45) is 2.41. The van der Waals surface area contributed by atoms with Crippen LogP contribution in [-0.4, -0.2) is 29.2 Å². The van der Waals surface area contributed by atoms with Gasteiger partial charge in [0.1, 0.15) is 0 Å². The second kappa shape index (κ2) is 9.49. The average molecular weight is 310 g/mol. The van der Waals surface area contributed by atoms with E-state index in [1.807, 2.05) is 30.7 Å². The van der Waals surface area contributed by atoms with Crippen LogP contribution < -0.4 is 0 Å². The van der Waals surface area contributed by atoms with Gasteiger partial charge in [-0.15, -0.1) is 0 Å². The lowest BCUT2D eigenvalue weighted by atomic mass is 10.1. The summed E-state index contributed by atoms with van der Waals surface area (Å²) in [4.78, 5) is 2.34. The Balaban J connectivity index is 1.86. The van der Waals surface area contributed by atoms with E-state index in [4.69, 9.17) is 0 Å². The van der Waals surface area contributed by atoms with Crippen LogP contribution >= 0.6 is 0 Å². The van der Waals surface area contributed by atoms with Crippen molar-refractivity contribution in [3.63, 3.8) is 0 Å². The number of benzene rings is 2. The topological polar surface area (TPSA) is 23.5 Å². The summed E-state index contributed by atoms with van der Waals surface area (Å²) < 4.78 is 0. The molecule has 0 unspecified atom stereocenters. The van der Waals surface area contributed by atoms with Crippen molar-refractivity contribution in [2.45, 2.75) is 32.9 Å². The molecule has 2 heteroatoms. The molecular formula is C21H28NO. The van der Waals surface area contributed by atoms with Crippen LogP contribution in [0.5, 0.6) is 0 Å². The van der Waals surface area contributed by atoms with Crippen LogP contribution in [0, 0.1) is 12.3 Å². The van der Waals surface area contributed by atoms with Crippen molar-refractivity contribution in [2.24, 2.45) is 5.92 Å². The molecule has 0 aliphatic carbocycles. The molecule has 23 heavy (non-hydrogen) atoms. The van der Waals surface area contributed by atoms with Crippen LogP contribution in [0.25, 0.3) is 0 Å². The van der Waals surface area contributed by atoms with Crippen LogP contribution in [0.15, 0.2) is 60.7 Å². The van der Waals surface area contributed by atoms with E-state index < -0.39 is 6.10 Å². The zero-order valence-corrected chi connectivity index (χ0v) is 14.2. The molecule has 0 aliphatic heterocycles. The summed E-state index contributed by atoms with van der Waals surface area (Å²) in [5.74, 6) is 0.583. The Morgan fingerprint density at radius 1 is 0.870 bits per heavy atom. The monoisotopic (exact) mass is 310 g/mol. The fourth-order valence-electron chi connectivity index (χ4n) is 2.79. The molecule has 2 nitrogen and oxygen atoms in total. The molecule has 2 aromatic rings. The summed E-state index contributed by atoms with van der Waals surface area (Å²) in [6.45, 7) is 7.00. The smallest absolute Gasteiger partial charge is 0.0702 e. The van der Waals surface area contributed by atoms with Crippen LogP contribution in [0.1, 0.15) is 25.0 Å². The summed E-state index contributed by atoms with van der Waals surface area (Å²) in [5, 5.41) is 10.4. The van der Waals surface area contributed by atoms with Crippen molar-refractivity contribution < 1.29 is 5.11 Å². The Morgan fingerprint density at radius 3 is 2.00 bits per heavy atom. The standard InChI is InChI=1S/C21H28NO/c1-18(2)15-22(16-20-11-7-4-8-12-20)17-21(23)14-13-19-9-5-3-6-10-19/h3-12,14,18,21,23H,13,15-17H2,1-2H3/t21-/m1/s1. The second-order valence-corrected chi connectivity index (χ2v) is 6.57. The van der Waals surface area contributed by atoms with Gasteiger partial charge in [0.2, 0.25) is 0 Å². The van der Waals surface area contributed by atoms with E-state index in [1.165, 1.54) is 11.1 Å². The molecule has 0 amide bonds. The fourth-order valence-corrected chi connectivity index (χ4v) is 2.79. The fraction of sp³-hybridized carbons (Fsp3) is 0.381. The first-order chi connectivity index (χ1) is 11.1. The molecular weight excluding hydrogens is 282 g/mol. The predicted molar refractivity (Wildman–Crippen MR) is 97.0 cm³/mol. The number of hydrogen-bond donors (Lipinski definition) is 1. The maximum Gasteiger partial charge on any atom is 0.0702 e. The molecule has 0 saturated carbocycles. The largest absolute Gasteiger partial charge is 0.391 e. The van der Waals surface area contributed by atoms with Crippen LogP contribution in [0.2, 0.25) is 0 Å². The van der Waals surface area contributed by atoms with E-state index in [0.717, 1.165) is 19.5 Å². The van der Waals surface area contributed by atoms with Gasteiger partial charge in [0.05, 0.1) is 6.10 Å². The summed E-state index contributed by atoms with van der Waals surface area (Å²) >= 11 is 0. The Morgan fingerprint density at radius 2 is 1.43 bits per heavy atom. The van der Waals surface area contributed by atoms with Gasteiger partial charge in [-0.05, 0) is 29.9 Å². The van der Waals surface area contributed by atoms with Gasteiger partial charge in [-0.3, -0.25) is 4.90 Å². The van der Waals surface area contributed by atoms with Gasteiger partial charge < -0.3 is 5.11 Å². The molecule has 0 aromatic heterocycles. The highest BCUT2D eigenvalue weighted by molar-refractivity contribution is 5.17. The molecule has 1 radical (unpaired) electrons. The third kappa shape index (κ3) is 6.98. The zero-order chi connectivity index (χ0) is 16.5. The Hall–Kier alpha value is -1.64. The number of hydrogen-bond acceptors (Lipinski definition) is 2. The van der Waals surface area contributed by atoms with Crippen molar-refractivity contribution in [1.29, 1.82) is 0 Å². The normalized spacial score (nSPS) is 12.7. The van der Waals surface area contributed by atoms with E-state index >= 15 is 0 Å². The van der Waals surface area contributed by atoms with Gasteiger partial charge >= 0.3 is 0 Å². The SMILES string of the molecule is CC(C)CN(Cc1ccccc1)C[C@H](O)[CH]Cc1ccccc1. The average Bonchev–Trinajstić information content (AvgIpc) is 2.54. The minimum Gasteiger partial charge on any atom is -0.391 e. The van der Waals surface area contributed by atoms with Crippen LogP contribution in [0.3, 0.4) is 0 Å². The molecule has 2 rings (SSSR count). The lowest BCUT2D eigenvalue weighted by Crippen LogP contribution is -2.35. The highest BCUT2D eigenvalue weighted by Gasteiger charge is 2.14. The molecule has 1 atom stereocenters. The molecule has 0 heterocycles. The molecule has 1 N–H and O–H groups in total. The lowest BCUT2D eigenvalue weighted by molar-refractivity contribution is 0.121.